The molecule has 0 heterocycles. The molecule has 2 N–H and O–H groups in total. The van der Waals surface area contributed by atoms with Crippen molar-refractivity contribution in [2.45, 2.75) is 50.7 Å². The zero-order valence-electron chi connectivity index (χ0n) is 15.3. The average Bonchev–Trinajstić information content (AvgIpc) is 3.15. The van der Waals surface area contributed by atoms with E-state index in [1.54, 1.807) is 0 Å². The normalized spacial score (nSPS) is 15.3. The summed E-state index contributed by atoms with van der Waals surface area (Å²) < 4.78 is 5.95. The van der Waals surface area contributed by atoms with Crippen molar-refractivity contribution < 1.29 is 19.4 Å². The van der Waals surface area contributed by atoms with Gasteiger partial charge in [0.2, 0.25) is 5.91 Å². The topological polar surface area (TPSA) is 75.6 Å². The SMILES string of the molecule is O=C(O)C[C@@H](NC(=O)Cc1ccccc1)c1ccc(OC2CCCC2)cc1. The van der Waals surface area contributed by atoms with Crippen LogP contribution in [0, 0.1) is 0 Å². The molecule has 2 aromatic rings. The van der Waals surface area contributed by atoms with Crippen LogP contribution in [0.5, 0.6) is 5.75 Å². The third-order valence-electron chi connectivity index (χ3n) is 4.81. The van der Waals surface area contributed by atoms with Crippen molar-refractivity contribution in [1.29, 1.82) is 0 Å². The lowest BCUT2D eigenvalue weighted by molar-refractivity contribution is -0.137. The van der Waals surface area contributed by atoms with Gasteiger partial charge in [-0.1, -0.05) is 42.5 Å². The summed E-state index contributed by atoms with van der Waals surface area (Å²) in [5, 5.41) is 12.1. The Hall–Kier alpha value is -2.82. The zero-order chi connectivity index (χ0) is 19.1. The zero-order valence-corrected chi connectivity index (χ0v) is 15.3. The number of amides is 1. The molecule has 1 amide bonds. The fourth-order valence-electron chi connectivity index (χ4n) is 3.43. The van der Waals surface area contributed by atoms with Gasteiger partial charge >= 0.3 is 5.97 Å². The van der Waals surface area contributed by atoms with Gasteiger partial charge in [-0.3, -0.25) is 9.59 Å². The molecule has 2 aromatic carbocycles. The molecular weight excluding hydrogens is 342 g/mol. The highest BCUT2D eigenvalue weighted by Gasteiger charge is 2.20. The minimum atomic E-state index is -0.953. The number of benzene rings is 2. The average molecular weight is 367 g/mol. The van der Waals surface area contributed by atoms with Crippen LogP contribution in [0.1, 0.15) is 49.3 Å². The molecule has 1 aliphatic carbocycles. The van der Waals surface area contributed by atoms with Crippen LogP contribution in [-0.2, 0) is 16.0 Å². The third-order valence-corrected chi connectivity index (χ3v) is 4.81. The first-order valence-corrected chi connectivity index (χ1v) is 9.42. The minimum absolute atomic E-state index is 0.163. The number of hydrogen-bond donors (Lipinski definition) is 2. The van der Waals surface area contributed by atoms with Gasteiger partial charge in [-0.15, -0.1) is 0 Å². The van der Waals surface area contributed by atoms with E-state index in [0.29, 0.717) is 0 Å². The van der Waals surface area contributed by atoms with Crippen LogP contribution < -0.4 is 10.1 Å². The second-order valence-corrected chi connectivity index (χ2v) is 6.97. The molecule has 27 heavy (non-hydrogen) atoms. The number of carbonyl (C=O) groups is 2. The Kier molecular flexibility index (Phi) is 6.47. The van der Waals surface area contributed by atoms with Crippen molar-refractivity contribution >= 4 is 11.9 Å². The highest BCUT2D eigenvalue weighted by atomic mass is 16.5. The highest BCUT2D eigenvalue weighted by Crippen LogP contribution is 2.26. The van der Waals surface area contributed by atoms with Crippen LogP contribution >= 0.6 is 0 Å². The highest BCUT2D eigenvalue weighted by molar-refractivity contribution is 5.80. The predicted octanol–water partition coefficient (Wildman–Crippen LogP) is 3.88. The summed E-state index contributed by atoms with van der Waals surface area (Å²) in [6, 6.07) is 16.2. The number of carbonyl (C=O) groups excluding carboxylic acids is 1. The van der Waals surface area contributed by atoms with E-state index in [2.05, 4.69) is 5.32 Å². The molecule has 5 nitrogen and oxygen atoms in total. The standard InChI is InChI=1S/C22H25NO4/c24-21(14-16-6-2-1-3-7-16)23-20(15-22(25)26)17-10-12-19(13-11-17)27-18-8-4-5-9-18/h1-3,6-7,10-13,18,20H,4-5,8-9,14-15H2,(H,23,24)(H,25,26)/t20-/m1/s1. The number of carboxylic acids is 1. The summed E-state index contributed by atoms with van der Waals surface area (Å²) in [6.45, 7) is 0. The van der Waals surface area contributed by atoms with Gasteiger partial charge in [-0.05, 0) is 48.9 Å². The van der Waals surface area contributed by atoms with E-state index in [9.17, 15) is 14.7 Å². The van der Waals surface area contributed by atoms with Gasteiger partial charge < -0.3 is 15.2 Å². The van der Waals surface area contributed by atoms with Crippen LogP contribution in [0.25, 0.3) is 0 Å². The molecule has 1 aliphatic rings. The van der Waals surface area contributed by atoms with Crippen LogP contribution in [0.4, 0.5) is 0 Å². The Labute approximate surface area is 159 Å². The van der Waals surface area contributed by atoms with E-state index >= 15 is 0 Å². The first-order chi connectivity index (χ1) is 13.1. The van der Waals surface area contributed by atoms with Gasteiger partial charge in [0.15, 0.2) is 0 Å². The maximum absolute atomic E-state index is 12.3. The first kappa shape index (κ1) is 19.0. The van der Waals surface area contributed by atoms with E-state index < -0.39 is 12.0 Å². The lowest BCUT2D eigenvalue weighted by Gasteiger charge is -2.19. The fraction of sp³-hybridized carbons (Fsp3) is 0.364. The van der Waals surface area contributed by atoms with Gasteiger partial charge in [-0.25, -0.2) is 0 Å². The Balaban J connectivity index is 1.64. The smallest absolute Gasteiger partial charge is 0.305 e. The van der Waals surface area contributed by atoms with Gasteiger partial charge in [-0.2, -0.15) is 0 Å². The maximum Gasteiger partial charge on any atom is 0.305 e. The van der Waals surface area contributed by atoms with Crippen molar-refractivity contribution in [3.8, 4) is 5.75 Å². The number of aliphatic carboxylic acids is 1. The van der Waals surface area contributed by atoms with E-state index in [-0.39, 0.29) is 24.9 Å². The van der Waals surface area contributed by atoms with Gasteiger partial charge in [0.05, 0.1) is 25.0 Å². The van der Waals surface area contributed by atoms with Crippen LogP contribution in [0.2, 0.25) is 0 Å². The molecule has 0 aliphatic heterocycles. The number of hydrogen-bond acceptors (Lipinski definition) is 3. The molecular formula is C22H25NO4. The molecule has 0 radical (unpaired) electrons. The third kappa shape index (κ3) is 5.84. The van der Waals surface area contributed by atoms with Crippen LogP contribution in [-0.4, -0.2) is 23.1 Å². The summed E-state index contributed by atoms with van der Waals surface area (Å²) in [7, 11) is 0. The van der Waals surface area contributed by atoms with Crippen LogP contribution in [0.15, 0.2) is 54.6 Å². The van der Waals surface area contributed by atoms with Gasteiger partial charge in [0.25, 0.3) is 0 Å². The minimum Gasteiger partial charge on any atom is -0.490 e. The molecule has 0 saturated heterocycles. The van der Waals surface area contributed by atoms with E-state index in [1.807, 2.05) is 54.6 Å². The number of ether oxygens (including phenoxy) is 1. The Morgan fingerprint density at radius 2 is 1.70 bits per heavy atom. The molecule has 3 rings (SSSR count). The van der Waals surface area contributed by atoms with E-state index in [4.69, 9.17) is 4.74 Å². The molecule has 0 spiro atoms. The summed E-state index contributed by atoms with van der Waals surface area (Å²) in [6.07, 6.45) is 4.91. The monoisotopic (exact) mass is 367 g/mol. The molecule has 0 bridgehead atoms. The molecule has 5 heteroatoms. The summed E-state index contributed by atoms with van der Waals surface area (Å²) in [5.41, 5.74) is 1.65. The Morgan fingerprint density at radius 3 is 2.33 bits per heavy atom. The predicted molar refractivity (Wildman–Crippen MR) is 103 cm³/mol. The van der Waals surface area contributed by atoms with Crippen molar-refractivity contribution in [3.05, 3.63) is 65.7 Å². The maximum atomic E-state index is 12.3. The summed E-state index contributed by atoms with van der Waals surface area (Å²) in [4.78, 5) is 23.6. The Bertz CT molecular complexity index is 752. The van der Waals surface area contributed by atoms with Crippen LogP contribution in [0.3, 0.4) is 0 Å². The molecule has 142 valence electrons. The fourth-order valence-corrected chi connectivity index (χ4v) is 3.43. The largest absolute Gasteiger partial charge is 0.490 e. The molecule has 0 aromatic heterocycles. The molecule has 0 unspecified atom stereocenters. The molecule has 1 fully saturated rings. The second kappa shape index (κ2) is 9.21. The molecule has 1 saturated carbocycles. The lowest BCUT2D eigenvalue weighted by atomic mass is 10.0. The number of carboxylic acid groups (broad SMARTS) is 1. The van der Waals surface area contributed by atoms with Gasteiger partial charge in [0, 0.05) is 0 Å². The molecule has 1 atom stereocenters. The lowest BCUT2D eigenvalue weighted by Crippen LogP contribution is -2.31. The summed E-state index contributed by atoms with van der Waals surface area (Å²) >= 11 is 0. The number of nitrogens with one attached hydrogen (secondary N) is 1. The van der Waals surface area contributed by atoms with Crippen molar-refractivity contribution in [2.24, 2.45) is 0 Å². The second-order valence-electron chi connectivity index (χ2n) is 6.97. The van der Waals surface area contributed by atoms with E-state index in [0.717, 1.165) is 29.7 Å². The first-order valence-electron chi connectivity index (χ1n) is 9.42. The number of rotatable bonds is 8. The summed E-state index contributed by atoms with van der Waals surface area (Å²) in [5.74, 6) is -0.361. The van der Waals surface area contributed by atoms with E-state index in [1.165, 1.54) is 12.8 Å². The van der Waals surface area contributed by atoms with Crippen molar-refractivity contribution in [1.82, 2.24) is 5.32 Å². The van der Waals surface area contributed by atoms with Crippen molar-refractivity contribution in [2.75, 3.05) is 0 Å². The quantitative estimate of drug-likeness (QED) is 0.742. The van der Waals surface area contributed by atoms with Crippen molar-refractivity contribution in [3.63, 3.8) is 0 Å². The Morgan fingerprint density at radius 1 is 1.04 bits per heavy atom. The van der Waals surface area contributed by atoms with Gasteiger partial charge in [0.1, 0.15) is 5.75 Å².